The summed E-state index contributed by atoms with van der Waals surface area (Å²) in [5, 5.41) is 0. The number of carbonyl (C=O) groups excluding carboxylic acids is 2. The average Bonchev–Trinajstić information content (AvgIpc) is 2.43. The van der Waals surface area contributed by atoms with E-state index < -0.39 is 20.8 Å². The molecule has 0 saturated heterocycles. The number of halogens is 1. The molecule has 0 bridgehead atoms. The lowest BCUT2D eigenvalue weighted by Crippen LogP contribution is -2.21. The second kappa shape index (κ2) is 5.07. The van der Waals surface area contributed by atoms with Crippen molar-refractivity contribution < 1.29 is 22.6 Å². The van der Waals surface area contributed by atoms with Gasteiger partial charge in [0.2, 0.25) is 0 Å². The van der Waals surface area contributed by atoms with Gasteiger partial charge in [-0.1, -0.05) is 24.3 Å². The topological polar surface area (TPSA) is 88.5 Å². The van der Waals surface area contributed by atoms with E-state index in [1.54, 1.807) is 18.2 Å². The number of hydrogen-bond acceptors (Lipinski definition) is 4. The molecule has 5 nitrogen and oxygen atoms in total. The van der Waals surface area contributed by atoms with Crippen LogP contribution in [-0.4, -0.2) is 24.5 Å². The summed E-state index contributed by atoms with van der Waals surface area (Å²) >= 11 is 0. The van der Waals surface area contributed by atoms with Crippen LogP contribution in [0.15, 0.2) is 47.4 Å². The van der Waals surface area contributed by atoms with Crippen molar-refractivity contribution in [3.8, 4) is 0 Å². The smallest absolute Gasteiger partial charge is 0.289 e. The maximum absolute atomic E-state index is 12.3. The van der Waals surface area contributed by atoms with E-state index in [1.165, 1.54) is 12.1 Å². The third-order valence-corrected chi connectivity index (χ3v) is 4.04. The van der Waals surface area contributed by atoms with E-state index in [-0.39, 0.29) is 34.9 Å². The van der Waals surface area contributed by atoms with Crippen LogP contribution >= 0.6 is 12.4 Å². The van der Waals surface area contributed by atoms with Crippen LogP contribution in [0.5, 0.6) is 0 Å². The van der Waals surface area contributed by atoms with Crippen LogP contribution < -0.4 is 0 Å². The van der Waals surface area contributed by atoms with Gasteiger partial charge in [-0.05, 0) is 18.2 Å². The summed E-state index contributed by atoms with van der Waals surface area (Å²) in [5.74, 6) is -0.766. The molecule has 0 aromatic heterocycles. The third kappa shape index (κ3) is 2.37. The Balaban J connectivity index is 0.00000161. The van der Waals surface area contributed by atoms with Crippen LogP contribution in [0.2, 0.25) is 0 Å². The molecule has 7 heteroatoms. The van der Waals surface area contributed by atoms with E-state index in [0.29, 0.717) is 5.56 Å². The summed E-state index contributed by atoms with van der Waals surface area (Å²) < 4.78 is 31.2. The van der Waals surface area contributed by atoms with Gasteiger partial charge < -0.3 is 0 Å². The van der Waals surface area contributed by atoms with E-state index in [9.17, 15) is 18.0 Å². The van der Waals surface area contributed by atoms with Gasteiger partial charge in [-0.15, -0.1) is 12.4 Å². The minimum Gasteiger partial charge on any atom is -0.289 e. The molecule has 2 aromatic carbocycles. The highest BCUT2D eigenvalue weighted by Gasteiger charge is 2.30. The van der Waals surface area contributed by atoms with Crippen molar-refractivity contribution in [3.63, 3.8) is 0 Å². The summed E-state index contributed by atoms with van der Waals surface area (Å²) in [4.78, 5) is 24.1. The number of carbonyl (C=O) groups is 2. The van der Waals surface area contributed by atoms with Crippen LogP contribution in [0.1, 0.15) is 31.8 Å². The molecule has 0 amide bonds. The Morgan fingerprint density at radius 3 is 1.76 bits per heavy atom. The molecule has 0 fully saturated rings. The van der Waals surface area contributed by atoms with Gasteiger partial charge in [0.1, 0.15) is 0 Å². The fourth-order valence-corrected chi connectivity index (χ4v) is 2.75. The summed E-state index contributed by atoms with van der Waals surface area (Å²) in [6.45, 7) is 0. The molecule has 21 heavy (non-hydrogen) atoms. The first-order chi connectivity index (χ1) is 9.39. The zero-order valence-corrected chi connectivity index (χ0v) is 12.1. The number of fused-ring (bicyclic) bond motifs is 2. The minimum atomic E-state index is -4.42. The van der Waals surface area contributed by atoms with Gasteiger partial charge in [0.15, 0.2) is 11.6 Å². The van der Waals surface area contributed by atoms with Gasteiger partial charge in [0, 0.05) is 22.3 Å². The van der Waals surface area contributed by atoms with E-state index >= 15 is 0 Å². The lowest BCUT2D eigenvalue weighted by Gasteiger charge is -2.17. The number of benzene rings is 2. The minimum absolute atomic E-state index is 0. The van der Waals surface area contributed by atoms with Gasteiger partial charge >= 0.3 is 0 Å². The van der Waals surface area contributed by atoms with Crippen molar-refractivity contribution >= 4 is 34.1 Å². The first kappa shape index (κ1) is 15.4. The predicted molar refractivity (Wildman–Crippen MR) is 76.8 cm³/mol. The van der Waals surface area contributed by atoms with E-state index in [4.69, 9.17) is 4.55 Å². The standard InChI is InChI=1S/C14H8O5S.ClH/c15-13-9-3-1-2-4-10(9)14(16)12-7-8(20(17,18)19)5-6-11(12)13;/h1-7H,(H,17,18,19);1H. The third-order valence-electron chi connectivity index (χ3n) is 3.19. The van der Waals surface area contributed by atoms with Crippen LogP contribution in [-0.2, 0) is 10.1 Å². The molecule has 1 N–H and O–H groups in total. The summed E-state index contributed by atoms with van der Waals surface area (Å²) in [5.41, 5.74) is 0.659. The van der Waals surface area contributed by atoms with Gasteiger partial charge in [-0.25, -0.2) is 0 Å². The van der Waals surface area contributed by atoms with E-state index in [1.807, 2.05) is 0 Å². The average molecular weight is 325 g/mol. The van der Waals surface area contributed by atoms with Crippen molar-refractivity contribution in [2.24, 2.45) is 0 Å². The monoisotopic (exact) mass is 324 g/mol. The molecule has 2 aromatic rings. The molecule has 1 aliphatic carbocycles. The van der Waals surface area contributed by atoms with Crippen LogP contribution in [0.3, 0.4) is 0 Å². The Morgan fingerprint density at radius 2 is 1.24 bits per heavy atom. The quantitative estimate of drug-likeness (QED) is 0.693. The summed E-state index contributed by atoms with van der Waals surface area (Å²) in [6, 6.07) is 9.72. The molecule has 1 aliphatic rings. The van der Waals surface area contributed by atoms with Gasteiger partial charge in [0.05, 0.1) is 4.90 Å². The highest BCUT2D eigenvalue weighted by molar-refractivity contribution is 7.85. The number of ketones is 2. The largest absolute Gasteiger partial charge is 0.294 e. The molecule has 0 spiro atoms. The van der Waals surface area contributed by atoms with E-state index in [2.05, 4.69) is 0 Å². The molecule has 0 heterocycles. The molecule has 0 radical (unpaired) electrons. The highest BCUT2D eigenvalue weighted by atomic mass is 35.5. The van der Waals surface area contributed by atoms with E-state index in [0.717, 1.165) is 12.1 Å². The fraction of sp³-hybridized carbons (Fsp3) is 0. The number of rotatable bonds is 1. The molecular formula is C14H9ClO5S. The normalized spacial score (nSPS) is 13.2. The highest BCUT2D eigenvalue weighted by Crippen LogP contribution is 2.28. The van der Waals surface area contributed by atoms with Gasteiger partial charge in [-0.2, -0.15) is 8.42 Å². The molecule has 0 aliphatic heterocycles. The lowest BCUT2D eigenvalue weighted by atomic mass is 9.84. The molecule has 0 saturated carbocycles. The molecule has 108 valence electrons. The van der Waals surface area contributed by atoms with Crippen molar-refractivity contribution in [2.45, 2.75) is 4.90 Å². The molecular weight excluding hydrogens is 316 g/mol. The van der Waals surface area contributed by atoms with Crippen LogP contribution in [0, 0.1) is 0 Å². The maximum Gasteiger partial charge on any atom is 0.294 e. The van der Waals surface area contributed by atoms with Crippen molar-refractivity contribution in [2.75, 3.05) is 0 Å². The molecule has 0 unspecified atom stereocenters. The Kier molecular flexibility index (Phi) is 3.71. The molecule has 0 atom stereocenters. The number of hydrogen-bond donors (Lipinski definition) is 1. The Morgan fingerprint density at radius 1 is 0.762 bits per heavy atom. The first-order valence-electron chi connectivity index (χ1n) is 5.69. The summed E-state index contributed by atoms with van der Waals surface area (Å²) in [6.07, 6.45) is 0. The second-order valence-electron chi connectivity index (χ2n) is 4.39. The van der Waals surface area contributed by atoms with Crippen LogP contribution in [0.25, 0.3) is 0 Å². The van der Waals surface area contributed by atoms with Gasteiger partial charge in [0.25, 0.3) is 10.1 Å². The zero-order chi connectivity index (χ0) is 14.5. The maximum atomic E-state index is 12.3. The lowest BCUT2D eigenvalue weighted by molar-refractivity contribution is 0.0979. The summed E-state index contributed by atoms with van der Waals surface area (Å²) in [7, 11) is -4.42. The van der Waals surface area contributed by atoms with Crippen molar-refractivity contribution in [3.05, 3.63) is 64.7 Å². The van der Waals surface area contributed by atoms with Crippen LogP contribution in [0.4, 0.5) is 0 Å². The second-order valence-corrected chi connectivity index (χ2v) is 5.81. The molecule has 3 rings (SSSR count). The zero-order valence-electron chi connectivity index (χ0n) is 10.4. The predicted octanol–water partition coefficient (Wildman–Crippen LogP) is 2.13. The fourth-order valence-electron chi connectivity index (χ4n) is 2.24. The Labute approximate surface area is 126 Å². The van der Waals surface area contributed by atoms with Crippen molar-refractivity contribution in [1.29, 1.82) is 0 Å². The first-order valence-corrected chi connectivity index (χ1v) is 7.13. The van der Waals surface area contributed by atoms with Gasteiger partial charge in [-0.3, -0.25) is 14.1 Å². The SMILES string of the molecule is Cl.O=C1c2ccccc2C(=O)c2cc(S(=O)(=O)O)ccc21. The Bertz CT molecular complexity index is 871. The van der Waals surface area contributed by atoms with Crippen molar-refractivity contribution in [1.82, 2.24) is 0 Å². The Hall–Kier alpha value is -2.02.